The number of carbonyl (C=O) groups is 3. The standard InChI is InChI=1S/C16H17N3O6/c1-19(6-2-5-17)14(20)9-23-15(21)8-18-16(22)11-3-4-12-13(7-11)25-10-24-12/h3-4,7H,2,6,8-10H2,1H3,(H,18,22). The van der Waals surface area contributed by atoms with Gasteiger partial charge in [0.25, 0.3) is 11.8 Å². The Morgan fingerprint density at radius 3 is 2.84 bits per heavy atom. The van der Waals surface area contributed by atoms with Crippen LogP contribution in [0.25, 0.3) is 0 Å². The molecule has 0 radical (unpaired) electrons. The molecule has 9 nitrogen and oxygen atoms in total. The zero-order valence-electron chi connectivity index (χ0n) is 13.6. The number of fused-ring (bicyclic) bond motifs is 1. The molecule has 0 fully saturated rings. The quantitative estimate of drug-likeness (QED) is 0.693. The summed E-state index contributed by atoms with van der Waals surface area (Å²) in [5, 5.41) is 10.9. The van der Waals surface area contributed by atoms with Gasteiger partial charge in [0.2, 0.25) is 6.79 Å². The molecule has 2 amide bonds. The number of hydrogen-bond donors (Lipinski definition) is 1. The number of rotatable bonds is 7. The van der Waals surface area contributed by atoms with Crippen LogP contribution in [0.5, 0.6) is 11.5 Å². The van der Waals surface area contributed by atoms with Crippen LogP contribution in [0.4, 0.5) is 0 Å². The second-order valence-corrected chi connectivity index (χ2v) is 5.13. The van der Waals surface area contributed by atoms with Crippen LogP contribution in [0.1, 0.15) is 16.8 Å². The van der Waals surface area contributed by atoms with Crippen molar-refractivity contribution in [1.29, 1.82) is 5.26 Å². The van der Waals surface area contributed by atoms with E-state index in [0.29, 0.717) is 17.1 Å². The fourth-order valence-corrected chi connectivity index (χ4v) is 1.94. The molecule has 0 aromatic heterocycles. The summed E-state index contributed by atoms with van der Waals surface area (Å²) >= 11 is 0. The first-order valence-corrected chi connectivity index (χ1v) is 7.45. The predicted octanol–water partition coefficient (Wildman–Crippen LogP) is 0.0604. The maximum absolute atomic E-state index is 12.0. The SMILES string of the molecule is CN(CCC#N)C(=O)COC(=O)CNC(=O)c1ccc2c(c1)OCO2. The molecule has 0 atom stereocenters. The number of nitrogens with one attached hydrogen (secondary N) is 1. The largest absolute Gasteiger partial charge is 0.454 e. The molecule has 2 rings (SSSR count). The zero-order valence-corrected chi connectivity index (χ0v) is 13.6. The van der Waals surface area contributed by atoms with Crippen LogP contribution in [-0.2, 0) is 14.3 Å². The van der Waals surface area contributed by atoms with E-state index in [4.69, 9.17) is 19.5 Å². The Balaban J connectivity index is 1.73. The summed E-state index contributed by atoms with van der Waals surface area (Å²) < 4.78 is 15.1. The van der Waals surface area contributed by atoms with Gasteiger partial charge in [-0.05, 0) is 18.2 Å². The molecule has 132 valence electrons. The van der Waals surface area contributed by atoms with Gasteiger partial charge < -0.3 is 24.4 Å². The van der Waals surface area contributed by atoms with E-state index in [1.165, 1.54) is 18.0 Å². The van der Waals surface area contributed by atoms with E-state index in [0.717, 1.165) is 0 Å². The van der Waals surface area contributed by atoms with Gasteiger partial charge in [0.15, 0.2) is 18.1 Å². The Kier molecular flexibility index (Phi) is 6.17. The van der Waals surface area contributed by atoms with E-state index < -0.39 is 24.4 Å². The second-order valence-electron chi connectivity index (χ2n) is 5.13. The minimum absolute atomic E-state index is 0.101. The third-order valence-electron chi connectivity index (χ3n) is 3.37. The third kappa shape index (κ3) is 5.10. The number of carbonyl (C=O) groups excluding carboxylic acids is 3. The maximum atomic E-state index is 12.0. The van der Waals surface area contributed by atoms with Gasteiger partial charge >= 0.3 is 5.97 Å². The molecule has 0 spiro atoms. The fourth-order valence-electron chi connectivity index (χ4n) is 1.94. The molecule has 1 aromatic carbocycles. The minimum Gasteiger partial charge on any atom is -0.454 e. The lowest BCUT2D eigenvalue weighted by Gasteiger charge is -2.15. The Morgan fingerprint density at radius 2 is 2.08 bits per heavy atom. The number of nitriles is 1. The molecular weight excluding hydrogens is 330 g/mol. The van der Waals surface area contributed by atoms with Crippen molar-refractivity contribution < 1.29 is 28.6 Å². The highest BCUT2D eigenvalue weighted by Gasteiger charge is 2.17. The first-order chi connectivity index (χ1) is 12.0. The van der Waals surface area contributed by atoms with Crippen LogP contribution in [0.2, 0.25) is 0 Å². The van der Waals surface area contributed by atoms with Gasteiger partial charge in [0.05, 0.1) is 12.5 Å². The molecule has 1 aliphatic heterocycles. The van der Waals surface area contributed by atoms with E-state index in [1.807, 2.05) is 6.07 Å². The van der Waals surface area contributed by atoms with Gasteiger partial charge in [-0.2, -0.15) is 5.26 Å². The highest BCUT2D eigenvalue weighted by molar-refractivity contribution is 5.96. The van der Waals surface area contributed by atoms with Gasteiger partial charge in [0, 0.05) is 19.2 Å². The molecule has 9 heteroatoms. The summed E-state index contributed by atoms with van der Waals surface area (Å²) in [4.78, 5) is 36.5. The number of likely N-dealkylation sites (N-methyl/N-ethyl adjacent to an activating group) is 1. The minimum atomic E-state index is -0.740. The lowest BCUT2D eigenvalue weighted by atomic mass is 10.2. The van der Waals surface area contributed by atoms with Gasteiger partial charge in [-0.25, -0.2) is 0 Å². The Hall–Kier alpha value is -3.28. The van der Waals surface area contributed by atoms with E-state index in [1.54, 1.807) is 12.1 Å². The highest BCUT2D eigenvalue weighted by atomic mass is 16.7. The molecule has 1 aromatic rings. The highest BCUT2D eigenvalue weighted by Crippen LogP contribution is 2.32. The molecule has 1 heterocycles. The van der Waals surface area contributed by atoms with Crippen molar-refractivity contribution in [3.8, 4) is 17.6 Å². The molecule has 1 N–H and O–H groups in total. The molecule has 0 saturated heterocycles. The zero-order chi connectivity index (χ0) is 18.2. The third-order valence-corrected chi connectivity index (χ3v) is 3.37. The van der Waals surface area contributed by atoms with Gasteiger partial charge in [0.1, 0.15) is 6.54 Å². The first-order valence-electron chi connectivity index (χ1n) is 7.45. The van der Waals surface area contributed by atoms with Crippen LogP contribution < -0.4 is 14.8 Å². The number of ether oxygens (including phenoxy) is 3. The smallest absolute Gasteiger partial charge is 0.325 e. The predicted molar refractivity (Wildman–Crippen MR) is 83.7 cm³/mol. The normalized spacial score (nSPS) is 11.4. The lowest BCUT2D eigenvalue weighted by molar-refractivity contribution is -0.150. The molecule has 0 aliphatic carbocycles. The number of esters is 1. The van der Waals surface area contributed by atoms with Gasteiger partial charge in [-0.3, -0.25) is 14.4 Å². The Bertz CT molecular complexity index is 712. The lowest BCUT2D eigenvalue weighted by Crippen LogP contribution is -2.35. The van der Waals surface area contributed by atoms with E-state index in [9.17, 15) is 14.4 Å². The van der Waals surface area contributed by atoms with Gasteiger partial charge in [-0.1, -0.05) is 0 Å². The second kappa shape index (κ2) is 8.54. The summed E-state index contributed by atoms with van der Waals surface area (Å²) in [5.41, 5.74) is 0.310. The van der Waals surface area contributed by atoms with Crippen molar-refractivity contribution in [1.82, 2.24) is 10.2 Å². The average molecular weight is 347 g/mol. The molecule has 25 heavy (non-hydrogen) atoms. The summed E-state index contributed by atoms with van der Waals surface area (Å²) in [7, 11) is 1.51. The number of hydrogen-bond acceptors (Lipinski definition) is 7. The van der Waals surface area contributed by atoms with Crippen LogP contribution in [0.15, 0.2) is 18.2 Å². The summed E-state index contributed by atoms with van der Waals surface area (Å²) in [6.07, 6.45) is 0.196. The fraction of sp³-hybridized carbons (Fsp3) is 0.375. The van der Waals surface area contributed by atoms with Gasteiger partial charge in [-0.15, -0.1) is 0 Å². The molecular formula is C16H17N3O6. The number of amides is 2. The first kappa shape index (κ1) is 18.1. The average Bonchev–Trinajstić information content (AvgIpc) is 3.09. The van der Waals surface area contributed by atoms with Crippen LogP contribution in [0, 0.1) is 11.3 Å². The number of benzene rings is 1. The molecule has 1 aliphatic rings. The van der Waals surface area contributed by atoms with Crippen LogP contribution in [0.3, 0.4) is 0 Å². The van der Waals surface area contributed by atoms with Crippen LogP contribution >= 0.6 is 0 Å². The summed E-state index contributed by atoms with van der Waals surface area (Å²) in [5.74, 6) is -0.634. The number of nitrogens with zero attached hydrogens (tertiary/aromatic N) is 2. The van der Waals surface area contributed by atoms with Crippen molar-refractivity contribution >= 4 is 17.8 Å². The van der Waals surface area contributed by atoms with E-state index >= 15 is 0 Å². The summed E-state index contributed by atoms with van der Waals surface area (Å²) in [6, 6.07) is 6.57. The van der Waals surface area contributed by atoms with Crippen molar-refractivity contribution in [2.45, 2.75) is 6.42 Å². The van der Waals surface area contributed by atoms with Crippen molar-refractivity contribution in [2.75, 3.05) is 33.5 Å². The van der Waals surface area contributed by atoms with Crippen molar-refractivity contribution in [3.05, 3.63) is 23.8 Å². The van der Waals surface area contributed by atoms with Crippen molar-refractivity contribution in [3.63, 3.8) is 0 Å². The van der Waals surface area contributed by atoms with E-state index in [2.05, 4.69) is 5.32 Å². The molecule has 0 saturated carbocycles. The maximum Gasteiger partial charge on any atom is 0.325 e. The summed E-state index contributed by atoms with van der Waals surface area (Å²) in [6.45, 7) is -0.458. The molecule has 0 bridgehead atoms. The monoisotopic (exact) mass is 347 g/mol. The molecule has 0 unspecified atom stereocenters. The van der Waals surface area contributed by atoms with Crippen LogP contribution in [-0.4, -0.2) is 56.2 Å². The Labute approximate surface area is 144 Å². The van der Waals surface area contributed by atoms with Crippen molar-refractivity contribution in [2.24, 2.45) is 0 Å². The van der Waals surface area contributed by atoms with E-state index in [-0.39, 0.29) is 26.3 Å². The Morgan fingerprint density at radius 1 is 1.32 bits per heavy atom. The topological polar surface area (TPSA) is 118 Å².